The average Bonchev–Trinajstić information content (AvgIpc) is 2.86. The minimum absolute atomic E-state index is 0.0976. The predicted octanol–water partition coefficient (Wildman–Crippen LogP) is 1.93. The molecule has 0 aliphatic carbocycles. The summed E-state index contributed by atoms with van der Waals surface area (Å²) in [7, 11) is 2.25. The molecule has 0 radical (unpaired) electrons. The molecule has 2 aromatic rings. The van der Waals surface area contributed by atoms with Crippen molar-refractivity contribution in [3.8, 4) is 0 Å². The number of fused-ring (bicyclic) bond motifs is 1. The van der Waals surface area contributed by atoms with Gasteiger partial charge in [-0.05, 0) is 18.6 Å². The van der Waals surface area contributed by atoms with Crippen molar-refractivity contribution >= 4 is 43.0 Å². The van der Waals surface area contributed by atoms with Gasteiger partial charge in [-0.2, -0.15) is 0 Å². The largest absolute Gasteiger partial charge is 0.348 e. The molecule has 2 rings (SSSR count). The number of hydrogen-bond donors (Lipinski definition) is 3. The Hall–Kier alpha value is -1.16. The van der Waals surface area contributed by atoms with Crippen LogP contribution in [0.1, 0.15) is 23.8 Å². The fourth-order valence-electron chi connectivity index (χ4n) is 1.93. The second kappa shape index (κ2) is 6.08. The fraction of sp³-hybridized carbons (Fsp3) is 0.308. The monoisotopic (exact) mass is 315 g/mol. The summed E-state index contributed by atoms with van der Waals surface area (Å²) in [5.41, 5.74) is 6.10. The number of carbonyl (C=O) groups excluding carboxylic acids is 1. The van der Waals surface area contributed by atoms with E-state index in [1.165, 1.54) is 0 Å². The Balaban J connectivity index is 2.37. The van der Waals surface area contributed by atoms with E-state index in [0.717, 1.165) is 6.42 Å². The highest BCUT2D eigenvalue weighted by Crippen LogP contribution is 2.23. The van der Waals surface area contributed by atoms with Crippen LogP contribution in [-0.4, -0.2) is 23.5 Å². The lowest BCUT2D eigenvalue weighted by Crippen LogP contribution is -2.39. The van der Waals surface area contributed by atoms with Gasteiger partial charge in [0.2, 0.25) is 0 Å². The highest BCUT2D eigenvalue weighted by molar-refractivity contribution is 7.28. The zero-order valence-electron chi connectivity index (χ0n) is 11.0. The first-order valence-electron chi connectivity index (χ1n) is 6.25. The summed E-state index contributed by atoms with van der Waals surface area (Å²) >= 11 is 5.92. The molecular weight excluding hydrogens is 300 g/mol. The Kier molecular flexibility index (Phi) is 4.63. The van der Waals surface area contributed by atoms with Crippen LogP contribution in [0.25, 0.3) is 10.9 Å². The summed E-state index contributed by atoms with van der Waals surface area (Å²) in [5.74, 6) is -0.776. The van der Waals surface area contributed by atoms with E-state index in [-0.39, 0.29) is 28.5 Å². The smallest absolute Gasteiger partial charge is 0.267 e. The van der Waals surface area contributed by atoms with Crippen LogP contribution in [0.3, 0.4) is 0 Å². The number of H-pyrrole nitrogens is 1. The molecule has 1 amide bonds. The van der Waals surface area contributed by atoms with Gasteiger partial charge < -0.3 is 16.0 Å². The van der Waals surface area contributed by atoms with Gasteiger partial charge in [-0.1, -0.05) is 18.5 Å². The zero-order chi connectivity index (χ0) is 14.9. The summed E-state index contributed by atoms with van der Waals surface area (Å²) < 4.78 is 14.0. The van der Waals surface area contributed by atoms with Crippen molar-refractivity contribution in [2.45, 2.75) is 19.4 Å². The lowest BCUT2D eigenvalue weighted by molar-refractivity contribution is 0.0933. The maximum absolute atomic E-state index is 14.0. The number of aromatic nitrogens is 1. The number of rotatable bonds is 4. The number of aromatic amines is 1. The Morgan fingerprint density at radius 1 is 1.60 bits per heavy atom. The van der Waals surface area contributed by atoms with Crippen molar-refractivity contribution < 1.29 is 9.18 Å². The topological polar surface area (TPSA) is 70.9 Å². The molecule has 4 N–H and O–H groups in total. The van der Waals surface area contributed by atoms with E-state index in [4.69, 9.17) is 17.3 Å². The zero-order valence-corrected chi connectivity index (χ0v) is 12.9. The van der Waals surface area contributed by atoms with Crippen LogP contribution in [0.4, 0.5) is 4.39 Å². The summed E-state index contributed by atoms with van der Waals surface area (Å²) in [6, 6.07) is 3.10. The fourth-order valence-corrected chi connectivity index (χ4v) is 2.36. The van der Waals surface area contributed by atoms with Crippen LogP contribution in [-0.2, 0) is 0 Å². The summed E-state index contributed by atoms with van der Waals surface area (Å²) in [6.45, 7) is 2.29. The van der Waals surface area contributed by atoms with E-state index < -0.39 is 5.82 Å². The molecule has 20 heavy (non-hydrogen) atoms. The SMILES string of the molecule is CC[C@@H](CN)NC(=O)c1cc2cc(Cl)c(P)c(F)c2[nH]1. The normalized spacial score (nSPS) is 12.7. The Morgan fingerprint density at radius 3 is 2.90 bits per heavy atom. The highest BCUT2D eigenvalue weighted by Gasteiger charge is 2.16. The minimum Gasteiger partial charge on any atom is -0.348 e. The quantitative estimate of drug-likeness (QED) is 0.754. The molecular formula is C13H16ClFN3OP. The summed E-state index contributed by atoms with van der Waals surface area (Å²) in [4.78, 5) is 14.9. The van der Waals surface area contributed by atoms with Gasteiger partial charge in [0.25, 0.3) is 5.91 Å². The van der Waals surface area contributed by atoms with E-state index >= 15 is 0 Å². The molecule has 7 heteroatoms. The van der Waals surface area contributed by atoms with Gasteiger partial charge >= 0.3 is 0 Å². The number of nitrogens with two attached hydrogens (primary N) is 1. The van der Waals surface area contributed by atoms with Crippen molar-refractivity contribution in [3.63, 3.8) is 0 Å². The summed E-state index contributed by atoms with van der Waals surface area (Å²) in [6.07, 6.45) is 0.735. The first-order chi connectivity index (χ1) is 9.47. The molecule has 0 saturated carbocycles. The minimum atomic E-state index is -0.470. The molecule has 1 aromatic carbocycles. The van der Waals surface area contributed by atoms with Gasteiger partial charge in [-0.3, -0.25) is 4.79 Å². The molecule has 1 heterocycles. The molecule has 0 fully saturated rings. The summed E-state index contributed by atoms with van der Waals surface area (Å²) in [5, 5.41) is 3.93. The molecule has 0 aliphatic rings. The van der Waals surface area contributed by atoms with Gasteiger partial charge in [0, 0.05) is 23.3 Å². The molecule has 0 aliphatic heterocycles. The molecule has 0 bridgehead atoms. The third kappa shape index (κ3) is 2.80. The number of nitrogens with one attached hydrogen (secondary N) is 2. The van der Waals surface area contributed by atoms with Crippen LogP contribution in [0, 0.1) is 5.82 Å². The van der Waals surface area contributed by atoms with Crippen molar-refractivity contribution in [1.29, 1.82) is 0 Å². The van der Waals surface area contributed by atoms with E-state index in [9.17, 15) is 9.18 Å². The second-order valence-electron chi connectivity index (χ2n) is 4.55. The number of hydrogen-bond acceptors (Lipinski definition) is 2. The maximum Gasteiger partial charge on any atom is 0.267 e. The third-order valence-corrected chi connectivity index (χ3v) is 4.26. The van der Waals surface area contributed by atoms with Crippen LogP contribution < -0.4 is 16.4 Å². The lowest BCUT2D eigenvalue weighted by atomic mass is 10.2. The number of halogens is 2. The van der Waals surface area contributed by atoms with Gasteiger partial charge in [0.1, 0.15) is 5.69 Å². The van der Waals surface area contributed by atoms with Crippen molar-refractivity contribution in [2.75, 3.05) is 6.54 Å². The van der Waals surface area contributed by atoms with Crippen molar-refractivity contribution in [3.05, 3.63) is 28.7 Å². The van der Waals surface area contributed by atoms with E-state index in [1.807, 2.05) is 6.92 Å². The van der Waals surface area contributed by atoms with E-state index in [0.29, 0.717) is 17.0 Å². The molecule has 2 atom stereocenters. The van der Waals surface area contributed by atoms with Gasteiger partial charge in [-0.15, -0.1) is 9.24 Å². The highest BCUT2D eigenvalue weighted by atomic mass is 35.5. The first kappa shape index (κ1) is 15.2. The van der Waals surface area contributed by atoms with Gasteiger partial charge in [-0.25, -0.2) is 4.39 Å². The van der Waals surface area contributed by atoms with Crippen LogP contribution in [0.5, 0.6) is 0 Å². The predicted molar refractivity (Wildman–Crippen MR) is 83.2 cm³/mol. The molecule has 0 spiro atoms. The van der Waals surface area contributed by atoms with Gasteiger partial charge in [0.15, 0.2) is 5.82 Å². The first-order valence-corrected chi connectivity index (χ1v) is 7.20. The lowest BCUT2D eigenvalue weighted by Gasteiger charge is -2.13. The van der Waals surface area contributed by atoms with E-state index in [2.05, 4.69) is 19.5 Å². The molecule has 1 aromatic heterocycles. The van der Waals surface area contributed by atoms with Crippen LogP contribution in [0.15, 0.2) is 12.1 Å². The van der Waals surface area contributed by atoms with Crippen molar-refractivity contribution in [1.82, 2.24) is 10.3 Å². The molecule has 108 valence electrons. The third-order valence-electron chi connectivity index (χ3n) is 3.20. The number of amides is 1. The van der Waals surface area contributed by atoms with Crippen molar-refractivity contribution in [2.24, 2.45) is 5.73 Å². The van der Waals surface area contributed by atoms with Gasteiger partial charge in [0.05, 0.1) is 10.5 Å². The second-order valence-corrected chi connectivity index (χ2v) is 5.53. The maximum atomic E-state index is 14.0. The van der Waals surface area contributed by atoms with Crippen LogP contribution >= 0.6 is 20.8 Å². The Bertz CT molecular complexity index is 655. The number of benzene rings is 1. The molecule has 0 saturated heterocycles. The Labute approximate surface area is 123 Å². The average molecular weight is 316 g/mol. The number of carbonyl (C=O) groups is 1. The molecule has 1 unspecified atom stereocenters. The van der Waals surface area contributed by atoms with Crippen LogP contribution in [0.2, 0.25) is 5.02 Å². The standard InChI is InChI=1S/C13H16ClFN3OP/c1-2-7(5-16)17-13(19)9-4-6-3-8(14)12(20)10(15)11(6)18-9/h3-4,7,18H,2,5,16,20H2,1H3,(H,17,19)/t7-/m0/s1. The molecule has 4 nitrogen and oxygen atoms in total. The Morgan fingerprint density at radius 2 is 2.30 bits per heavy atom. The van der Waals surface area contributed by atoms with E-state index in [1.54, 1.807) is 12.1 Å².